The van der Waals surface area contributed by atoms with Crippen molar-refractivity contribution in [2.45, 2.75) is 26.7 Å². The fraction of sp³-hybridized carbons (Fsp3) is 0.429. The highest BCUT2D eigenvalue weighted by atomic mass is 79.9. The number of nitrogens with one attached hydrogen (secondary N) is 1. The van der Waals surface area contributed by atoms with Crippen LogP contribution in [0, 0.1) is 35.4 Å². The first kappa shape index (κ1) is 14.0. The third kappa shape index (κ3) is 2.50. The van der Waals surface area contributed by atoms with E-state index in [1.807, 2.05) is 6.92 Å². The Hall–Kier alpha value is -1.41. The molecule has 0 bridgehead atoms. The summed E-state index contributed by atoms with van der Waals surface area (Å²) in [5.74, 6) is -0.389. The summed E-state index contributed by atoms with van der Waals surface area (Å²) in [7, 11) is 0. The van der Waals surface area contributed by atoms with E-state index >= 15 is 0 Å². The molecule has 0 radical (unpaired) electrons. The SMILES string of the molecule is Cc1cc(Br)c(F)cc1NC(=O)C1(C#N)CC(C)C1. The van der Waals surface area contributed by atoms with Gasteiger partial charge in [0, 0.05) is 5.69 Å². The van der Waals surface area contributed by atoms with Crippen LogP contribution in [0.4, 0.5) is 10.1 Å². The van der Waals surface area contributed by atoms with Gasteiger partial charge in [-0.15, -0.1) is 0 Å². The highest BCUT2D eigenvalue weighted by molar-refractivity contribution is 9.10. The van der Waals surface area contributed by atoms with Gasteiger partial charge in [0.2, 0.25) is 5.91 Å². The van der Waals surface area contributed by atoms with Gasteiger partial charge >= 0.3 is 0 Å². The summed E-state index contributed by atoms with van der Waals surface area (Å²) in [6, 6.07) is 4.97. The minimum absolute atomic E-state index is 0.335. The third-order valence-corrected chi connectivity index (χ3v) is 4.17. The maximum atomic E-state index is 13.5. The van der Waals surface area contributed by atoms with Gasteiger partial charge in [-0.2, -0.15) is 5.26 Å². The van der Waals surface area contributed by atoms with Gasteiger partial charge < -0.3 is 5.32 Å². The van der Waals surface area contributed by atoms with Gasteiger partial charge in [0.05, 0.1) is 10.5 Å². The van der Waals surface area contributed by atoms with Crippen LogP contribution in [-0.2, 0) is 4.79 Å². The van der Waals surface area contributed by atoms with Gasteiger partial charge in [-0.3, -0.25) is 4.79 Å². The topological polar surface area (TPSA) is 52.9 Å². The van der Waals surface area contributed by atoms with Crippen LogP contribution < -0.4 is 5.32 Å². The molecule has 1 fully saturated rings. The average molecular weight is 325 g/mol. The minimum Gasteiger partial charge on any atom is -0.324 e. The zero-order valence-electron chi connectivity index (χ0n) is 10.8. The van der Waals surface area contributed by atoms with E-state index in [1.165, 1.54) is 6.07 Å². The van der Waals surface area contributed by atoms with Crippen molar-refractivity contribution in [2.24, 2.45) is 11.3 Å². The summed E-state index contributed by atoms with van der Waals surface area (Å²) in [4.78, 5) is 12.2. The van der Waals surface area contributed by atoms with Gasteiger partial charge in [-0.05, 0) is 59.3 Å². The zero-order valence-corrected chi connectivity index (χ0v) is 12.3. The second-order valence-electron chi connectivity index (χ2n) is 5.24. The Morgan fingerprint density at radius 2 is 2.21 bits per heavy atom. The van der Waals surface area contributed by atoms with Crippen LogP contribution in [0.1, 0.15) is 25.3 Å². The molecule has 0 atom stereocenters. The van der Waals surface area contributed by atoms with Crippen LogP contribution >= 0.6 is 15.9 Å². The summed E-state index contributed by atoms with van der Waals surface area (Å²) in [6.45, 7) is 3.79. The molecule has 1 aromatic rings. The number of rotatable bonds is 2. The summed E-state index contributed by atoms with van der Waals surface area (Å²) >= 11 is 3.09. The number of hydrogen-bond acceptors (Lipinski definition) is 2. The van der Waals surface area contributed by atoms with Crippen LogP contribution in [0.25, 0.3) is 0 Å². The molecule has 3 nitrogen and oxygen atoms in total. The number of halogens is 2. The van der Waals surface area contributed by atoms with E-state index in [9.17, 15) is 14.4 Å². The predicted molar refractivity (Wildman–Crippen MR) is 73.9 cm³/mol. The van der Waals surface area contributed by atoms with E-state index in [4.69, 9.17) is 0 Å². The lowest BCUT2D eigenvalue weighted by molar-refractivity contribution is -0.128. The number of benzene rings is 1. The van der Waals surface area contributed by atoms with Gasteiger partial charge in [0.15, 0.2) is 0 Å². The van der Waals surface area contributed by atoms with Crippen molar-refractivity contribution in [1.82, 2.24) is 0 Å². The molecule has 1 aliphatic carbocycles. The van der Waals surface area contributed by atoms with Crippen molar-refractivity contribution < 1.29 is 9.18 Å². The van der Waals surface area contributed by atoms with Crippen LogP contribution in [0.5, 0.6) is 0 Å². The highest BCUT2D eigenvalue weighted by Crippen LogP contribution is 2.45. The Kier molecular flexibility index (Phi) is 3.64. The molecule has 2 rings (SSSR count). The number of anilines is 1. The predicted octanol–water partition coefficient (Wildman–Crippen LogP) is 3.78. The van der Waals surface area contributed by atoms with E-state index < -0.39 is 11.2 Å². The summed E-state index contributed by atoms with van der Waals surface area (Å²) in [5, 5.41) is 11.8. The fourth-order valence-electron chi connectivity index (χ4n) is 2.48. The van der Waals surface area contributed by atoms with Crippen molar-refractivity contribution in [3.05, 3.63) is 28.0 Å². The molecule has 0 saturated heterocycles. The molecule has 0 spiro atoms. The molecule has 0 aromatic heterocycles. The molecule has 1 aliphatic rings. The first-order valence-electron chi connectivity index (χ1n) is 6.06. The van der Waals surface area contributed by atoms with Gasteiger partial charge in [-0.1, -0.05) is 6.92 Å². The molecule has 1 aromatic carbocycles. The maximum Gasteiger partial charge on any atom is 0.244 e. The number of carbonyl (C=O) groups excluding carboxylic acids is 1. The molecule has 1 amide bonds. The van der Waals surface area contributed by atoms with Gasteiger partial charge in [0.1, 0.15) is 11.2 Å². The fourth-order valence-corrected chi connectivity index (χ4v) is 2.94. The Morgan fingerprint density at radius 1 is 1.58 bits per heavy atom. The maximum absolute atomic E-state index is 13.5. The van der Waals surface area contributed by atoms with E-state index in [1.54, 1.807) is 13.0 Å². The Morgan fingerprint density at radius 3 is 2.74 bits per heavy atom. The van der Waals surface area contributed by atoms with Crippen LogP contribution in [0.2, 0.25) is 0 Å². The molecule has 100 valence electrons. The van der Waals surface area contributed by atoms with Crippen LogP contribution in [-0.4, -0.2) is 5.91 Å². The third-order valence-electron chi connectivity index (χ3n) is 3.56. The van der Waals surface area contributed by atoms with E-state index in [0.29, 0.717) is 28.9 Å². The van der Waals surface area contributed by atoms with E-state index in [0.717, 1.165) is 5.56 Å². The Balaban J connectivity index is 2.20. The highest BCUT2D eigenvalue weighted by Gasteiger charge is 2.49. The van der Waals surface area contributed by atoms with Crippen molar-refractivity contribution in [2.75, 3.05) is 5.32 Å². The molecule has 19 heavy (non-hydrogen) atoms. The quantitative estimate of drug-likeness (QED) is 0.900. The summed E-state index contributed by atoms with van der Waals surface area (Å²) < 4.78 is 13.8. The molecule has 1 N–H and O–H groups in total. The van der Waals surface area contributed by atoms with Crippen LogP contribution in [0.3, 0.4) is 0 Å². The van der Waals surface area contributed by atoms with E-state index in [2.05, 4.69) is 27.3 Å². The Bertz CT molecular complexity index is 574. The van der Waals surface area contributed by atoms with Crippen molar-refractivity contribution >= 4 is 27.5 Å². The average Bonchev–Trinajstić information content (AvgIpc) is 2.31. The molecule has 0 heterocycles. The summed E-state index contributed by atoms with van der Waals surface area (Å²) in [6.07, 6.45) is 1.13. The van der Waals surface area contributed by atoms with E-state index in [-0.39, 0.29) is 5.91 Å². The zero-order chi connectivity index (χ0) is 14.2. The molecule has 5 heteroatoms. The number of aryl methyl sites for hydroxylation is 1. The van der Waals surface area contributed by atoms with Crippen molar-refractivity contribution in [1.29, 1.82) is 5.26 Å². The molecular weight excluding hydrogens is 311 g/mol. The van der Waals surface area contributed by atoms with Crippen LogP contribution in [0.15, 0.2) is 16.6 Å². The monoisotopic (exact) mass is 324 g/mol. The standard InChI is InChI=1S/C14H14BrFN2O/c1-8-5-14(6-8,7-17)13(19)18-12-4-11(16)10(15)3-9(12)2/h3-4,8H,5-6H2,1-2H3,(H,18,19). The second kappa shape index (κ2) is 4.93. The molecule has 0 unspecified atom stereocenters. The largest absolute Gasteiger partial charge is 0.324 e. The minimum atomic E-state index is -0.949. The van der Waals surface area contributed by atoms with Crippen molar-refractivity contribution in [3.8, 4) is 6.07 Å². The first-order chi connectivity index (χ1) is 8.88. The number of amides is 1. The molecule has 1 saturated carbocycles. The first-order valence-corrected chi connectivity index (χ1v) is 6.85. The summed E-state index contributed by atoms with van der Waals surface area (Å²) in [5.41, 5.74) is 0.219. The molecule has 0 aliphatic heterocycles. The normalized spacial score (nSPS) is 25.3. The van der Waals surface area contributed by atoms with Gasteiger partial charge in [-0.25, -0.2) is 4.39 Å². The second-order valence-corrected chi connectivity index (χ2v) is 6.10. The lowest BCUT2D eigenvalue weighted by atomic mass is 9.63. The molecular formula is C14H14BrFN2O. The Labute approximate surface area is 119 Å². The lowest BCUT2D eigenvalue weighted by Gasteiger charge is -2.39. The van der Waals surface area contributed by atoms with Gasteiger partial charge in [0.25, 0.3) is 0 Å². The number of hydrogen-bond donors (Lipinski definition) is 1. The van der Waals surface area contributed by atoms with Crippen molar-refractivity contribution in [3.63, 3.8) is 0 Å². The smallest absolute Gasteiger partial charge is 0.244 e. The number of nitriles is 1. The lowest BCUT2D eigenvalue weighted by Crippen LogP contribution is -2.45. The number of nitrogens with zero attached hydrogens (tertiary/aromatic N) is 1. The number of carbonyl (C=O) groups is 1.